The Morgan fingerprint density at radius 2 is 1.92 bits per heavy atom. The van der Waals surface area contributed by atoms with Crippen molar-refractivity contribution in [3.05, 3.63) is 41.7 Å². The van der Waals surface area contributed by atoms with Crippen LogP contribution in [0, 0.1) is 0 Å². The Morgan fingerprint density at radius 3 is 2.57 bits per heavy atom. The van der Waals surface area contributed by atoms with Crippen LogP contribution in [-0.2, 0) is 11.0 Å². The molecule has 0 unspecified atom stereocenters. The topological polar surface area (TPSA) is 115 Å². The van der Waals surface area contributed by atoms with Crippen LogP contribution in [0.1, 0.15) is 28.8 Å². The summed E-state index contributed by atoms with van der Waals surface area (Å²) >= 11 is 0. The smallest absolute Gasteiger partial charge is 0.418 e. The molecule has 1 aliphatic heterocycles. The van der Waals surface area contributed by atoms with E-state index in [1.54, 1.807) is 0 Å². The summed E-state index contributed by atoms with van der Waals surface area (Å²) in [6.07, 6.45) is -5.21. The third kappa shape index (κ3) is 4.40. The molecule has 2 atom stereocenters. The summed E-state index contributed by atoms with van der Waals surface area (Å²) < 4.78 is 76.0. The zero-order valence-electron chi connectivity index (χ0n) is 19.4. The monoisotopic (exact) mass is 524 g/mol. The first kappa shape index (κ1) is 24.7. The van der Waals surface area contributed by atoms with Crippen molar-refractivity contribution in [1.29, 1.82) is 0 Å². The molecule has 0 bridgehead atoms. The van der Waals surface area contributed by atoms with Gasteiger partial charge in [-0.3, -0.25) is 9.59 Å². The summed E-state index contributed by atoms with van der Waals surface area (Å²) in [5.74, 6) is -1.79. The van der Waals surface area contributed by atoms with Gasteiger partial charge in [0, 0.05) is 17.7 Å². The highest BCUT2D eigenvalue weighted by Crippen LogP contribution is 2.42. The van der Waals surface area contributed by atoms with Crippen LogP contribution in [0.4, 0.5) is 27.8 Å². The first-order chi connectivity index (χ1) is 17.4. The van der Waals surface area contributed by atoms with Gasteiger partial charge in [0.25, 0.3) is 11.8 Å². The number of hydrogen-bond acceptors (Lipinski definition) is 6. The number of nitrogen functional groups attached to an aromatic ring is 1. The molecule has 2 aliphatic rings. The molecule has 1 aliphatic carbocycles. The quantitative estimate of drug-likeness (QED) is 0.497. The van der Waals surface area contributed by atoms with E-state index in [2.05, 4.69) is 15.4 Å². The average Bonchev–Trinajstić information content (AvgIpc) is 3.30. The number of halogens is 5. The van der Waals surface area contributed by atoms with Crippen LogP contribution in [0.3, 0.4) is 0 Å². The van der Waals surface area contributed by atoms with Gasteiger partial charge in [0.05, 0.1) is 31.0 Å². The maximum absolute atomic E-state index is 14.6. The summed E-state index contributed by atoms with van der Waals surface area (Å²) in [6, 6.07) is 3.77. The van der Waals surface area contributed by atoms with E-state index in [1.807, 2.05) is 0 Å². The Morgan fingerprint density at radius 1 is 1.19 bits per heavy atom. The van der Waals surface area contributed by atoms with Gasteiger partial charge in [-0.2, -0.15) is 18.3 Å². The summed E-state index contributed by atoms with van der Waals surface area (Å²) in [6.45, 7) is -0.557. The second-order valence-corrected chi connectivity index (χ2v) is 9.07. The van der Waals surface area contributed by atoms with Crippen molar-refractivity contribution >= 4 is 23.1 Å². The zero-order valence-corrected chi connectivity index (χ0v) is 19.4. The number of rotatable bonds is 5. The van der Waals surface area contributed by atoms with Crippen molar-refractivity contribution in [3.8, 4) is 17.0 Å². The Labute approximate surface area is 206 Å². The number of fused-ring (bicyclic) bond motifs is 1. The number of methoxy groups -OCH3 is 1. The number of nitrogens with one attached hydrogen (secondary N) is 1. The average molecular weight is 524 g/mol. The molecule has 5 rings (SSSR count). The lowest BCUT2D eigenvalue weighted by molar-refractivity contribution is -0.137. The SMILES string of the molecule is COc1cc(C(=O)N[C@@H]2CN(C(=O)C3(F)CC3)C[C@@H]2F)cc(-c2cc(C(F)(F)F)c3c(N)ncnn23)c1. The Bertz CT molecular complexity index is 1400. The zero-order chi connectivity index (χ0) is 26.7. The number of alkyl halides is 5. The van der Waals surface area contributed by atoms with Crippen molar-refractivity contribution in [2.45, 2.75) is 36.9 Å². The number of amides is 2. The number of likely N-dealkylation sites (tertiary alicyclic amines) is 1. The number of ether oxygens (including phenoxy) is 1. The molecule has 2 aromatic heterocycles. The van der Waals surface area contributed by atoms with E-state index < -0.39 is 47.0 Å². The molecule has 1 saturated carbocycles. The molecule has 3 heterocycles. The minimum absolute atomic E-state index is 0.0388. The third-order valence-electron chi connectivity index (χ3n) is 6.51. The fourth-order valence-corrected chi connectivity index (χ4v) is 4.41. The molecular formula is C23H21F5N6O3. The molecule has 0 radical (unpaired) electrons. The standard InChI is InChI=1S/C23H21F5N6O3/c1-37-13-5-11(17-7-14(23(26,27)28)18-19(29)30-10-31-34(17)18)4-12(6-13)20(35)32-16-9-33(8-15(16)24)21(36)22(25)2-3-22/h4-7,10,15-16H,2-3,8-9H2,1H3,(H,32,35)(H2,29,30,31)/t15-,16+/m0/s1. The van der Waals surface area contributed by atoms with E-state index in [1.165, 1.54) is 25.3 Å². The molecule has 2 amide bonds. The van der Waals surface area contributed by atoms with E-state index in [0.29, 0.717) is 0 Å². The van der Waals surface area contributed by atoms with Crippen LogP contribution >= 0.6 is 0 Å². The number of nitrogens with two attached hydrogens (primary N) is 1. The predicted molar refractivity (Wildman–Crippen MR) is 120 cm³/mol. The Kier molecular flexibility index (Phi) is 5.72. The highest BCUT2D eigenvalue weighted by Gasteiger charge is 2.54. The van der Waals surface area contributed by atoms with Gasteiger partial charge in [0.2, 0.25) is 0 Å². The lowest BCUT2D eigenvalue weighted by Crippen LogP contribution is -2.42. The highest BCUT2D eigenvalue weighted by molar-refractivity contribution is 5.96. The van der Waals surface area contributed by atoms with Crippen molar-refractivity contribution in [3.63, 3.8) is 0 Å². The van der Waals surface area contributed by atoms with Gasteiger partial charge in [0.15, 0.2) is 11.5 Å². The molecule has 2 fully saturated rings. The summed E-state index contributed by atoms with van der Waals surface area (Å²) in [5.41, 5.74) is 2.29. The number of nitrogens with zero attached hydrogens (tertiary/aromatic N) is 4. The molecule has 1 aromatic carbocycles. The molecule has 3 aromatic rings. The number of anilines is 1. The fraction of sp³-hybridized carbons (Fsp3) is 0.391. The lowest BCUT2D eigenvalue weighted by atomic mass is 10.1. The largest absolute Gasteiger partial charge is 0.497 e. The van der Waals surface area contributed by atoms with Crippen LogP contribution in [0.5, 0.6) is 5.75 Å². The number of aromatic nitrogens is 3. The van der Waals surface area contributed by atoms with E-state index in [0.717, 1.165) is 21.8 Å². The number of benzene rings is 1. The van der Waals surface area contributed by atoms with Crippen LogP contribution in [0.15, 0.2) is 30.6 Å². The van der Waals surface area contributed by atoms with E-state index in [9.17, 15) is 31.5 Å². The number of carbonyl (C=O) groups is 2. The van der Waals surface area contributed by atoms with E-state index >= 15 is 0 Å². The summed E-state index contributed by atoms with van der Waals surface area (Å²) in [5, 5.41) is 6.38. The summed E-state index contributed by atoms with van der Waals surface area (Å²) in [4.78, 5) is 29.9. The van der Waals surface area contributed by atoms with Crippen molar-refractivity contribution in [1.82, 2.24) is 24.8 Å². The van der Waals surface area contributed by atoms with E-state index in [-0.39, 0.29) is 54.3 Å². The van der Waals surface area contributed by atoms with Gasteiger partial charge in [-0.1, -0.05) is 0 Å². The second kappa shape index (κ2) is 8.56. The van der Waals surface area contributed by atoms with Gasteiger partial charge in [-0.15, -0.1) is 0 Å². The maximum Gasteiger partial charge on any atom is 0.418 e. The van der Waals surface area contributed by atoms with Crippen LogP contribution in [-0.4, -0.2) is 69.4 Å². The predicted octanol–water partition coefficient (Wildman–Crippen LogP) is 2.79. The van der Waals surface area contributed by atoms with Crippen molar-refractivity contribution in [2.24, 2.45) is 0 Å². The van der Waals surface area contributed by atoms with Gasteiger partial charge in [0.1, 0.15) is 23.8 Å². The first-order valence-corrected chi connectivity index (χ1v) is 11.2. The minimum Gasteiger partial charge on any atom is -0.497 e. The molecule has 9 nitrogen and oxygen atoms in total. The molecule has 14 heteroatoms. The molecular weight excluding hydrogens is 503 g/mol. The van der Waals surface area contributed by atoms with Crippen LogP contribution in [0.2, 0.25) is 0 Å². The highest BCUT2D eigenvalue weighted by atomic mass is 19.4. The molecule has 196 valence electrons. The Balaban J connectivity index is 1.46. The second-order valence-electron chi connectivity index (χ2n) is 9.07. The minimum atomic E-state index is -4.76. The van der Waals surface area contributed by atoms with E-state index in [4.69, 9.17) is 10.5 Å². The first-order valence-electron chi connectivity index (χ1n) is 11.2. The van der Waals surface area contributed by atoms with Crippen molar-refractivity contribution in [2.75, 3.05) is 25.9 Å². The van der Waals surface area contributed by atoms with Crippen LogP contribution < -0.4 is 15.8 Å². The molecule has 1 saturated heterocycles. The molecule has 0 spiro atoms. The lowest BCUT2D eigenvalue weighted by Gasteiger charge is -2.18. The van der Waals surface area contributed by atoms with Gasteiger partial charge in [-0.25, -0.2) is 18.3 Å². The van der Waals surface area contributed by atoms with Gasteiger partial charge < -0.3 is 20.7 Å². The molecule has 37 heavy (non-hydrogen) atoms. The number of hydrogen-bond donors (Lipinski definition) is 2. The van der Waals surface area contributed by atoms with Crippen molar-refractivity contribution < 1.29 is 36.3 Å². The van der Waals surface area contributed by atoms with Crippen LogP contribution in [0.25, 0.3) is 16.8 Å². The fourth-order valence-electron chi connectivity index (χ4n) is 4.41. The maximum atomic E-state index is 14.6. The third-order valence-corrected chi connectivity index (χ3v) is 6.51. The van der Waals surface area contributed by atoms with Gasteiger partial charge >= 0.3 is 6.18 Å². The Hall–Kier alpha value is -3.97. The summed E-state index contributed by atoms with van der Waals surface area (Å²) in [7, 11) is 1.31. The van der Waals surface area contributed by atoms with Gasteiger partial charge in [-0.05, 0) is 37.1 Å². The number of carbonyl (C=O) groups excluding carboxylic acids is 2. The molecule has 3 N–H and O–H groups in total. The normalized spacial score (nSPS) is 20.8.